The Morgan fingerprint density at radius 2 is 2.00 bits per heavy atom. The van der Waals surface area contributed by atoms with Gasteiger partial charge in [0.25, 0.3) is 0 Å². The minimum atomic E-state index is 0.0938. The van der Waals surface area contributed by atoms with Crippen molar-refractivity contribution in [1.82, 2.24) is 10.3 Å². The van der Waals surface area contributed by atoms with E-state index in [1.54, 1.807) is 0 Å². The summed E-state index contributed by atoms with van der Waals surface area (Å²) in [5.41, 5.74) is 7.19. The Hall–Kier alpha value is -1.17. The van der Waals surface area contributed by atoms with Gasteiger partial charge in [-0.1, -0.05) is 18.9 Å². The molecule has 0 spiro atoms. The normalized spacial score (nSPS) is 28.1. The number of hydrogen-bond acceptors (Lipinski definition) is 5. The number of ether oxygens (including phenoxy) is 1. The van der Waals surface area contributed by atoms with Crippen LogP contribution in [0.3, 0.4) is 0 Å². The van der Waals surface area contributed by atoms with E-state index in [1.165, 1.54) is 12.8 Å². The molecule has 3 heterocycles. The number of hydrogen-bond donors (Lipinski definition) is 2. The van der Waals surface area contributed by atoms with Crippen LogP contribution in [0.4, 0.5) is 5.82 Å². The fourth-order valence-corrected chi connectivity index (χ4v) is 2.97. The lowest BCUT2D eigenvalue weighted by Crippen LogP contribution is -2.39. The molecule has 2 saturated heterocycles. The van der Waals surface area contributed by atoms with Crippen LogP contribution in [0.15, 0.2) is 18.2 Å². The summed E-state index contributed by atoms with van der Waals surface area (Å²) in [6.07, 6.45) is 4.69. The Kier molecular flexibility index (Phi) is 4.50. The summed E-state index contributed by atoms with van der Waals surface area (Å²) in [6, 6.07) is 6.59. The molecule has 20 heavy (non-hydrogen) atoms. The molecule has 0 aromatic carbocycles. The second-order valence-electron chi connectivity index (χ2n) is 5.63. The van der Waals surface area contributed by atoms with Crippen LogP contribution < -0.4 is 16.0 Å². The van der Waals surface area contributed by atoms with Crippen molar-refractivity contribution < 1.29 is 4.74 Å². The third-order valence-corrected chi connectivity index (χ3v) is 4.12. The fourth-order valence-electron chi connectivity index (χ4n) is 2.97. The van der Waals surface area contributed by atoms with Gasteiger partial charge in [0.05, 0.1) is 31.1 Å². The molecule has 0 bridgehead atoms. The Balaban J connectivity index is 1.75. The lowest BCUT2D eigenvalue weighted by Gasteiger charge is -2.29. The van der Waals surface area contributed by atoms with Crippen molar-refractivity contribution in [2.45, 2.75) is 37.9 Å². The Labute approximate surface area is 120 Å². The van der Waals surface area contributed by atoms with Gasteiger partial charge in [-0.05, 0) is 25.0 Å². The minimum absolute atomic E-state index is 0.0938. The van der Waals surface area contributed by atoms with Gasteiger partial charge in [-0.15, -0.1) is 0 Å². The van der Waals surface area contributed by atoms with Gasteiger partial charge in [0.15, 0.2) is 0 Å². The lowest BCUT2D eigenvalue weighted by atomic mass is 10.1. The van der Waals surface area contributed by atoms with Gasteiger partial charge in [-0.3, -0.25) is 5.32 Å². The predicted molar refractivity (Wildman–Crippen MR) is 79.6 cm³/mol. The van der Waals surface area contributed by atoms with E-state index in [1.807, 2.05) is 0 Å². The van der Waals surface area contributed by atoms with E-state index in [4.69, 9.17) is 15.5 Å². The molecule has 2 unspecified atom stereocenters. The smallest absolute Gasteiger partial charge is 0.129 e. The van der Waals surface area contributed by atoms with Crippen LogP contribution in [0, 0.1) is 0 Å². The van der Waals surface area contributed by atoms with E-state index in [9.17, 15) is 0 Å². The van der Waals surface area contributed by atoms with Crippen molar-refractivity contribution in [2.24, 2.45) is 5.73 Å². The molecule has 5 heteroatoms. The van der Waals surface area contributed by atoms with Crippen LogP contribution in [0.25, 0.3) is 0 Å². The highest BCUT2D eigenvalue weighted by molar-refractivity contribution is 5.40. The molecule has 5 nitrogen and oxygen atoms in total. The zero-order chi connectivity index (χ0) is 13.8. The fraction of sp³-hybridized carbons (Fsp3) is 0.667. The number of rotatable bonds is 2. The summed E-state index contributed by atoms with van der Waals surface area (Å²) < 4.78 is 5.40. The summed E-state index contributed by atoms with van der Waals surface area (Å²) in [6.45, 7) is 3.43. The maximum atomic E-state index is 6.08. The average Bonchev–Trinajstić information content (AvgIpc) is 2.73. The summed E-state index contributed by atoms with van der Waals surface area (Å²) in [5, 5.41) is 3.50. The third kappa shape index (κ3) is 3.29. The van der Waals surface area contributed by atoms with Gasteiger partial charge in [-0.2, -0.15) is 0 Å². The lowest BCUT2D eigenvalue weighted by molar-refractivity contribution is 0.122. The van der Waals surface area contributed by atoms with Gasteiger partial charge in [-0.25, -0.2) is 4.98 Å². The summed E-state index contributed by atoms with van der Waals surface area (Å²) in [5.74, 6) is 1.06. The van der Waals surface area contributed by atoms with Crippen LogP contribution in [0.5, 0.6) is 0 Å². The van der Waals surface area contributed by atoms with E-state index >= 15 is 0 Å². The first-order valence-electron chi connectivity index (χ1n) is 7.64. The zero-order valence-electron chi connectivity index (χ0n) is 11.9. The molecular formula is C15H24N4O. The van der Waals surface area contributed by atoms with E-state index in [2.05, 4.69) is 28.4 Å². The van der Waals surface area contributed by atoms with Gasteiger partial charge in [0.1, 0.15) is 5.82 Å². The first-order chi connectivity index (χ1) is 9.83. The molecule has 0 amide bonds. The summed E-state index contributed by atoms with van der Waals surface area (Å²) >= 11 is 0. The first kappa shape index (κ1) is 13.8. The molecule has 2 aliphatic rings. The van der Waals surface area contributed by atoms with Crippen LogP contribution in [0.2, 0.25) is 0 Å². The second kappa shape index (κ2) is 6.52. The Morgan fingerprint density at radius 3 is 2.85 bits per heavy atom. The van der Waals surface area contributed by atoms with Gasteiger partial charge < -0.3 is 15.4 Å². The maximum absolute atomic E-state index is 6.08. The van der Waals surface area contributed by atoms with E-state index in [-0.39, 0.29) is 12.2 Å². The number of morpholine rings is 1. The molecule has 0 aliphatic carbocycles. The molecule has 2 atom stereocenters. The van der Waals surface area contributed by atoms with Crippen molar-refractivity contribution in [2.75, 3.05) is 31.2 Å². The predicted octanol–water partition coefficient (Wildman–Crippen LogP) is 1.41. The molecule has 2 aliphatic heterocycles. The number of aromatic nitrogens is 1. The summed E-state index contributed by atoms with van der Waals surface area (Å²) in [4.78, 5) is 7.14. The first-order valence-corrected chi connectivity index (χ1v) is 7.64. The number of nitrogens with one attached hydrogen (secondary N) is 1. The standard InChI is InChI=1S/C15H24N4O/c16-14-6-2-1-4-12(17-14)13-5-3-7-15(18-13)19-8-10-20-11-9-19/h3,5,7,12,14,17H,1-2,4,6,8-11,16H2. The van der Waals surface area contributed by atoms with Crippen LogP contribution in [0.1, 0.15) is 37.4 Å². The molecule has 110 valence electrons. The number of nitrogens with zero attached hydrogens (tertiary/aromatic N) is 2. The van der Waals surface area contributed by atoms with Crippen molar-refractivity contribution in [1.29, 1.82) is 0 Å². The topological polar surface area (TPSA) is 63.4 Å². The molecule has 1 aromatic rings. The second-order valence-corrected chi connectivity index (χ2v) is 5.63. The van der Waals surface area contributed by atoms with Gasteiger partial charge in [0, 0.05) is 13.1 Å². The van der Waals surface area contributed by atoms with Crippen molar-refractivity contribution in [3.63, 3.8) is 0 Å². The highest BCUT2D eigenvalue weighted by Crippen LogP contribution is 2.24. The Morgan fingerprint density at radius 1 is 1.20 bits per heavy atom. The highest BCUT2D eigenvalue weighted by atomic mass is 16.5. The van der Waals surface area contributed by atoms with Crippen LogP contribution >= 0.6 is 0 Å². The Bertz CT molecular complexity index is 434. The van der Waals surface area contributed by atoms with Gasteiger partial charge in [0.2, 0.25) is 0 Å². The van der Waals surface area contributed by atoms with Crippen LogP contribution in [-0.4, -0.2) is 37.5 Å². The van der Waals surface area contributed by atoms with E-state index in [0.717, 1.165) is 50.7 Å². The van der Waals surface area contributed by atoms with Crippen LogP contribution in [-0.2, 0) is 4.74 Å². The van der Waals surface area contributed by atoms with Crippen molar-refractivity contribution in [3.8, 4) is 0 Å². The molecule has 3 N–H and O–H groups in total. The summed E-state index contributed by atoms with van der Waals surface area (Å²) in [7, 11) is 0. The SMILES string of the molecule is NC1CCCCC(c2cccc(N3CCOCC3)n2)N1. The molecule has 1 aromatic heterocycles. The molecule has 0 radical (unpaired) electrons. The average molecular weight is 276 g/mol. The molecule has 0 saturated carbocycles. The quantitative estimate of drug-likeness (QED) is 0.855. The van der Waals surface area contributed by atoms with Crippen molar-refractivity contribution in [3.05, 3.63) is 23.9 Å². The monoisotopic (exact) mass is 276 g/mol. The van der Waals surface area contributed by atoms with E-state index in [0.29, 0.717) is 0 Å². The molecule has 2 fully saturated rings. The van der Waals surface area contributed by atoms with E-state index < -0.39 is 0 Å². The highest BCUT2D eigenvalue weighted by Gasteiger charge is 2.20. The van der Waals surface area contributed by atoms with Crippen molar-refractivity contribution >= 4 is 5.82 Å². The minimum Gasteiger partial charge on any atom is -0.378 e. The largest absolute Gasteiger partial charge is 0.378 e. The van der Waals surface area contributed by atoms with Gasteiger partial charge >= 0.3 is 0 Å². The zero-order valence-corrected chi connectivity index (χ0v) is 11.9. The third-order valence-electron chi connectivity index (χ3n) is 4.12. The molecule has 3 rings (SSSR count). The number of anilines is 1. The molecular weight excluding hydrogens is 252 g/mol. The number of nitrogens with two attached hydrogens (primary N) is 1. The number of pyridine rings is 1. The maximum Gasteiger partial charge on any atom is 0.129 e.